The summed E-state index contributed by atoms with van der Waals surface area (Å²) in [4.78, 5) is -0.215. The van der Waals surface area contributed by atoms with Gasteiger partial charge in [0.15, 0.2) is 11.1 Å². The average Bonchev–Trinajstić information content (AvgIpc) is 1.85. The van der Waals surface area contributed by atoms with Gasteiger partial charge in [0.05, 0.1) is 0 Å². The van der Waals surface area contributed by atoms with Crippen LogP contribution in [0.1, 0.15) is 0 Å². The lowest BCUT2D eigenvalue weighted by molar-refractivity contribution is 0.543. The van der Waals surface area contributed by atoms with Gasteiger partial charge in [-0.05, 0) is 28.1 Å². The van der Waals surface area contributed by atoms with E-state index in [1.807, 2.05) is 0 Å². The second kappa shape index (κ2) is 3.42. The topological polar surface area (TPSA) is 37.3 Å². The SMILES string of the molecule is O=S(O)c1c(F)cccc1Br. The van der Waals surface area contributed by atoms with Crippen LogP contribution in [0.25, 0.3) is 0 Å². The summed E-state index contributed by atoms with van der Waals surface area (Å²) in [5, 5.41) is 0. The first-order chi connectivity index (χ1) is 5.13. The van der Waals surface area contributed by atoms with Crippen molar-refractivity contribution in [3.8, 4) is 0 Å². The molecule has 0 heterocycles. The third kappa shape index (κ3) is 1.85. The second-order valence-corrected chi connectivity index (χ2v) is 3.56. The van der Waals surface area contributed by atoms with E-state index in [1.54, 1.807) is 0 Å². The predicted molar refractivity (Wildman–Crippen MR) is 43.1 cm³/mol. The zero-order chi connectivity index (χ0) is 8.43. The summed E-state index contributed by atoms with van der Waals surface area (Å²) >= 11 is 0.681. The molecule has 1 N–H and O–H groups in total. The molecular formula is C6H4BrFO2S. The normalized spacial score (nSPS) is 13.0. The molecule has 1 unspecified atom stereocenters. The van der Waals surface area contributed by atoms with Crippen molar-refractivity contribution in [1.82, 2.24) is 0 Å². The van der Waals surface area contributed by atoms with Crippen molar-refractivity contribution in [2.24, 2.45) is 0 Å². The molecular weight excluding hydrogens is 235 g/mol. The Hall–Kier alpha value is -0.260. The van der Waals surface area contributed by atoms with Crippen LogP contribution >= 0.6 is 15.9 Å². The summed E-state index contributed by atoms with van der Waals surface area (Å²) in [6, 6.07) is 4.09. The number of rotatable bonds is 1. The highest BCUT2D eigenvalue weighted by Crippen LogP contribution is 2.21. The lowest BCUT2D eigenvalue weighted by Crippen LogP contribution is -1.93. The van der Waals surface area contributed by atoms with E-state index in [-0.39, 0.29) is 4.90 Å². The van der Waals surface area contributed by atoms with Crippen molar-refractivity contribution in [2.75, 3.05) is 0 Å². The maximum atomic E-state index is 12.7. The van der Waals surface area contributed by atoms with E-state index in [2.05, 4.69) is 15.9 Å². The van der Waals surface area contributed by atoms with Gasteiger partial charge in [0.1, 0.15) is 10.7 Å². The smallest absolute Gasteiger partial charge is 0.190 e. The monoisotopic (exact) mass is 238 g/mol. The molecule has 0 aliphatic heterocycles. The van der Waals surface area contributed by atoms with E-state index in [9.17, 15) is 8.60 Å². The van der Waals surface area contributed by atoms with Gasteiger partial charge in [-0.25, -0.2) is 8.60 Å². The predicted octanol–water partition coefficient (Wildman–Crippen LogP) is 2.17. The molecule has 0 spiro atoms. The molecule has 0 aromatic heterocycles. The first-order valence-corrected chi connectivity index (χ1v) is 4.58. The molecule has 0 saturated heterocycles. The Morgan fingerprint density at radius 1 is 1.55 bits per heavy atom. The van der Waals surface area contributed by atoms with E-state index in [1.165, 1.54) is 12.1 Å². The van der Waals surface area contributed by atoms with E-state index in [4.69, 9.17) is 4.55 Å². The maximum Gasteiger partial charge on any atom is 0.190 e. The summed E-state index contributed by atoms with van der Waals surface area (Å²) in [5.74, 6) is -0.680. The quantitative estimate of drug-likeness (QED) is 0.762. The minimum Gasteiger partial charge on any atom is -0.302 e. The highest BCUT2D eigenvalue weighted by atomic mass is 79.9. The minimum atomic E-state index is -2.27. The summed E-state index contributed by atoms with van der Waals surface area (Å²) in [6.45, 7) is 0. The fraction of sp³-hybridized carbons (Fsp3) is 0. The zero-order valence-corrected chi connectivity index (χ0v) is 7.65. The molecule has 2 nitrogen and oxygen atoms in total. The molecule has 60 valence electrons. The Morgan fingerprint density at radius 3 is 2.55 bits per heavy atom. The van der Waals surface area contributed by atoms with Crippen LogP contribution in [-0.2, 0) is 11.1 Å². The second-order valence-electron chi connectivity index (χ2n) is 1.80. The third-order valence-corrected chi connectivity index (χ3v) is 2.78. The van der Waals surface area contributed by atoms with Gasteiger partial charge in [-0.2, -0.15) is 0 Å². The van der Waals surface area contributed by atoms with Crippen LogP contribution in [-0.4, -0.2) is 8.76 Å². The summed E-state index contributed by atoms with van der Waals surface area (Å²) in [7, 11) is 0. The molecule has 5 heteroatoms. The molecule has 0 fully saturated rings. The standard InChI is InChI=1S/C6H4BrFO2S/c7-4-2-1-3-5(8)6(4)11(9)10/h1-3H,(H,9,10). The summed E-state index contributed by atoms with van der Waals surface area (Å²) in [6.07, 6.45) is 0. The number of hydrogen-bond donors (Lipinski definition) is 1. The van der Waals surface area contributed by atoms with Gasteiger partial charge in [-0.15, -0.1) is 0 Å². The largest absolute Gasteiger partial charge is 0.302 e. The maximum absolute atomic E-state index is 12.7. The van der Waals surface area contributed by atoms with Crippen LogP contribution < -0.4 is 0 Å². The average molecular weight is 239 g/mol. The third-order valence-electron chi connectivity index (χ3n) is 1.09. The van der Waals surface area contributed by atoms with Crippen LogP contribution in [0.2, 0.25) is 0 Å². The van der Waals surface area contributed by atoms with E-state index in [0.717, 1.165) is 6.07 Å². The molecule has 1 rings (SSSR count). The van der Waals surface area contributed by atoms with Gasteiger partial charge in [0, 0.05) is 4.47 Å². The van der Waals surface area contributed by atoms with Gasteiger partial charge in [-0.3, -0.25) is 0 Å². The Bertz CT molecular complexity index is 282. The first-order valence-electron chi connectivity index (χ1n) is 2.68. The molecule has 0 bridgehead atoms. The Labute approximate surface area is 73.8 Å². The molecule has 0 aliphatic rings. The van der Waals surface area contributed by atoms with Crippen molar-refractivity contribution in [3.05, 3.63) is 28.5 Å². The van der Waals surface area contributed by atoms with E-state index >= 15 is 0 Å². The number of halogens is 2. The number of hydrogen-bond acceptors (Lipinski definition) is 1. The van der Waals surface area contributed by atoms with Crippen molar-refractivity contribution < 1.29 is 13.2 Å². The Balaban J connectivity index is 3.32. The first kappa shape index (κ1) is 8.83. The fourth-order valence-electron chi connectivity index (χ4n) is 0.649. The molecule has 1 aromatic rings. The van der Waals surface area contributed by atoms with Gasteiger partial charge >= 0.3 is 0 Å². The summed E-state index contributed by atoms with van der Waals surface area (Å²) < 4.78 is 32.1. The van der Waals surface area contributed by atoms with Crippen molar-refractivity contribution >= 4 is 27.0 Å². The van der Waals surface area contributed by atoms with Crippen LogP contribution in [0.3, 0.4) is 0 Å². The van der Waals surface area contributed by atoms with Crippen LogP contribution in [0, 0.1) is 5.82 Å². The Kier molecular flexibility index (Phi) is 2.75. The molecule has 0 radical (unpaired) electrons. The number of benzene rings is 1. The molecule has 11 heavy (non-hydrogen) atoms. The zero-order valence-electron chi connectivity index (χ0n) is 5.25. The molecule has 1 aromatic carbocycles. The summed E-state index contributed by atoms with van der Waals surface area (Å²) in [5.41, 5.74) is 0. The highest BCUT2D eigenvalue weighted by molar-refractivity contribution is 9.10. The molecule has 0 saturated carbocycles. The van der Waals surface area contributed by atoms with Crippen LogP contribution in [0.5, 0.6) is 0 Å². The van der Waals surface area contributed by atoms with Crippen molar-refractivity contribution in [1.29, 1.82) is 0 Å². The van der Waals surface area contributed by atoms with Crippen molar-refractivity contribution in [3.63, 3.8) is 0 Å². The van der Waals surface area contributed by atoms with Gasteiger partial charge in [0.2, 0.25) is 0 Å². The van der Waals surface area contributed by atoms with Gasteiger partial charge < -0.3 is 4.55 Å². The van der Waals surface area contributed by atoms with Gasteiger partial charge in [0.25, 0.3) is 0 Å². The fourth-order valence-corrected chi connectivity index (χ4v) is 1.88. The Morgan fingerprint density at radius 2 is 2.18 bits per heavy atom. The molecule has 1 atom stereocenters. The molecule has 0 aliphatic carbocycles. The lowest BCUT2D eigenvalue weighted by atomic mass is 10.3. The lowest BCUT2D eigenvalue weighted by Gasteiger charge is -1.98. The minimum absolute atomic E-state index is 0.215. The van der Waals surface area contributed by atoms with E-state index < -0.39 is 16.9 Å². The van der Waals surface area contributed by atoms with Crippen LogP contribution in [0.4, 0.5) is 4.39 Å². The molecule has 0 amide bonds. The van der Waals surface area contributed by atoms with Crippen LogP contribution in [0.15, 0.2) is 27.6 Å². The highest BCUT2D eigenvalue weighted by Gasteiger charge is 2.10. The van der Waals surface area contributed by atoms with E-state index in [0.29, 0.717) is 4.47 Å². The van der Waals surface area contributed by atoms with Gasteiger partial charge in [-0.1, -0.05) is 6.07 Å². The van der Waals surface area contributed by atoms with Crippen molar-refractivity contribution in [2.45, 2.75) is 4.90 Å².